The van der Waals surface area contributed by atoms with Gasteiger partial charge < -0.3 is 10.8 Å². The predicted molar refractivity (Wildman–Crippen MR) is 57.0 cm³/mol. The maximum absolute atomic E-state index is 9.00. The van der Waals surface area contributed by atoms with E-state index in [1.807, 2.05) is 0 Å². The van der Waals surface area contributed by atoms with Gasteiger partial charge in [-0.2, -0.15) is 11.3 Å². The highest BCUT2D eigenvalue weighted by molar-refractivity contribution is 7.07. The lowest BCUT2D eigenvalue weighted by Gasteiger charge is -2.16. The molecule has 13 heavy (non-hydrogen) atoms. The monoisotopic (exact) mass is 199 g/mol. The van der Waals surface area contributed by atoms with E-state index in [-0.39, 0.29) is 12.5 Å². The first-order valence-corrected chi connectivity index (χ1v) is 5.55. The molecule has 0 aliphatic heterocycles. The SMILES string of the molecule is CC(CC(CN)CO)c1ccsc1. The Kier molecular flexibility index (Phi) is 4.42. The van der Waals surface area contributed by atoms with E-state index in [1.54, 1.807) is 11.3 Å². The van der Waals surface area contributed by atoms with E-state index < -0.39 is 0 Å². The molecule has 0 bridgehead atoms. The zero-order valence-corrected chi connectivity index (χ0v) is 8.76. The third-order valence-corrected chi connectivity index (χ3v) is 3.09. The molecule has 3 heteroatoms. The zero-order valence-electron chi connectivity index (χ0n) is 7.94. The molecule has 0 spiro atoms. The van der Waals surface area contributed by atoms with Crippen molar-refractivity contribution >= 4 is 11.3 Å². The van der Waals surface area contributed by atoms with Gasteiger partial charge in [0.05, 0.1) is 0 Å². The molecule has 1 rings (SSSR count). The second-order valence-electron chi connectivity index (χ2n) is 3.48. The Morgan fingerprint density at radius 2 is 2.38 bits per heavy atom. The Morgan fingerprint density at radius 1 is 1.62 bits per heavy atom. The molecular formula is C10H17NOS. The van der Waals surface area contributed by atoms with Crippen LogP contribution >= 0.6 is 11.3 Å². The number of thiophene rings is 1. The van der Waals surface area contributed by atoms with Crippen LogP contribution in [0.15, 0.2) is 16.8 Å². The fourth-order valence-corrected chi connectivity index (χ4v) is 2.22. The minimum absolute atomic E-state index is 0.199. The first kappa shape index (κ1) is 10.7. The minimum atomic E-state index is 0.199. The van der Waals surface area contributed by atoms with Gasteiger partial charge in [-0.05, 0) is 47.2 Å². The van der Waals surface area contributed by atoms with Gasteiger partial charge in [0.1, 0.15) is 0 Å². The highest BCUT2D eigenvalue weighted by Gasteiger charge is 2.12. The molecule has 1 aromatic heterocycles. The summed E-state index contributed by atoms with van der Waals surface area (Å²) in [6.45, 7) is 2.95. The van der Waals surface area contributed by atoms with Gasteiger partial charge in [0, 0.05) is 6.61 Å². The highest BCUT2D eigenvalue weighted by Crippen LogP contribution is 2.24. The third kappa shape index (κ3) is 3.10. The van der Waals surface area contributed by atoms with Crippen molar-refractivity contribution in [3.05, 3.63) is 22.4 Å². The molecule has 2 atom stereocenters. The summed E-state index contributed by atoms with van der Waals surface area (Å²) in [5, 5.41) is 13.2. The molecule has 2 unspecified atom stereocenters. The summed E-state index contributed by atoms with van der Waals surface area (Å²) in [5.74, 6) is 0.752. The van der Waals surface area contributed by atoms with E-state index >= 15 is 0 Å². The molecule has 0 aliphatic rings. The van der Waals surface area contributed by atoms with Crippen LogP contribution in [0.4, 0.5) is 0 Å². The number of hydrogen-bond donors (Lipinski definition) is 2. The van der Waals surface area contributed by atoms with Gasteiger partial charge in [0.25, 0.3) is 0 Å². The van der Waals surface area contributed by atoms with Gasteiger partial charge in [-0.25, -0.2) is 0 Å². The molecule has 0 saturated carbocycles. The minimum Gasteiger partial charge on any atom is -0.396 e. The van der Waals surface area contributed by atoms with Crippen LogP contribution in [0.1, 0.15) is 24.8 Å². The summed E-state index contributed by atoms with van der Waals surface area (Å²) in [6.07, 6.45) is 0.976. The quantitative estimate of drug-likeness (QED) is 0.759. The lowest BCUT2D eigenvalue weighted by atomic mass is 9.92. The van der Waals surface area contributed by atoms with Gasteiger partial charge in [-0.3, -0.25) is 0 Å². The molecule has 0 radical (unpaired) electrons. The Bertz CT molecular complexity index is 219. The average Bonchev–Trinajstić information content (AvgIpc) is 2.66. The van der Waals surface area contributed by atoms with Crippen molar-refractivity contribution in [1.29, 1.82) is 0 Å². The van der Waals surface area contributed by atoms with E-state index in [4.69, 9.17) is 10.8 Å². The summed E-state index contributed by atoms with van der Waals surface area (Å²) in [7, 11) is 0. The lowest BCUT2D eigenvalue weighted by Crippen LogP contribution is -2.19. The van der Waals surface area contributed by atoms with Crippen molar-refractivity contribution in [2.45, 2.75) is 19.3 Å². The maximum Gasteiger partial charge on any atom is 0.0471 e. The van der Waals surface area contributed by atoms with Crippen LogP contribution in [-0.4, -0.2) is 18.3 Å². The lowest BCUT2D eigenvalue weighted by molar-refractivity contribution is 0.217. The van der Waals surface area contributed by atoms with Gasteiger partial charge in [-0.15, -0.1) is 0 Å². The van der Waals surface area contributed by atoms with Crippen molar-refractivity contribution in [2.24, 2.45) is 11.7 Å². The van der Waals surface area contributed by atoms with Crippen molar-refractivity contribution in [3.63, 3.8) is 0 Å². The molecule has 74 valence electrons. The van der Waals surface area contributed by atoms with Crippen LogP contribution in [0.5, 0.6) is 0 Å². The Labute approximate surface area is 83.4 Å². The van der Waals surface area contributed by atoms with Crippen LogP contribution in [-0.2, 0) is 0 Å². The van der Waals surface area contributed by atoms with Crippen molar-refractivity contribution in [2.75, 3.05) is 13.2 Å². The average molecular weight is 199 g/mol. The second-order valence-corrected chi connectivity index (χ2v) is 4.26. The number of aliphatic hydroxyl groups is 1. The van der Waals surface area contributed by atoms with Crippen LogP contribution in [0.3, 0.4) is 0 Å². The zero-order chi connectivity index (χ0) is 9.68. The molecule has 0 fully saturated rings. The first-order valence-electron chi connectivity index (χ1n) is 4.61. The number of nitrogens with two attached hydrogens (primary N) is 1. The van der Waals surface area contributed by atoms with Gasteiger partial charge in [0.15, 0.2) is 0 Å². The van der Waals surface area contributed by atoms with E-state index in [1.165, 1.54) is 5.56 Å². The van der Waals surface area contributed by atoms with Crippen molar-refractivity contribution in [3.8, 4) is 0 Å². The van der Waals surface area contributed by atoms with Crippen LogP contribution < -0.4 is 5.73 Å². The molecule has 2 nitrogen and oxygen atoms in total. The normalized spacial score (nSPS) is 15.6. The summed E-state index contributed by atoms with van der Waals surface area (Å²) >= 11 is 1.72. The number of aliphatic hydroxyl groups excluding tert-OH is 1. The second kappa shape index (κ2) is 5.37. The van der Waals surface area contributed by atoms with E-state index in [0.29, 0.717) is 12.5 Å². The van der Waals surface area contributed by atoms with Crippen LogP contribution in [0.2, 0.25) is 0 Å². The smallest absolute Gasteiger partial charge is 0.0471 e. The molecule has 0 saturated heterocycles. The fourth-order valence-electron chi connectivity index (χ4n) is 1.44. The molecule has 1 aromatic rings. The molecule has 0 aromatic carbocycles. The van der Waals surface area contributed by atoms with Crippen molar-refractivity contribution < 1.29 is 5.11 Å². The topological polar surface area (TPSA) is 46.2 Å². The molecule has 3 N–H and O–H groups in total. The molecular weight excluding hydrogens is 182 g/mol. The summed E-state index contributed by atoms with van der Waals surface area (Å²) in [6, 6.07) is 2.14. The Balaban J connectivity index is 2.45. The van der Waals surface area contributed by atoms with Gasteiger partial charge in [-0.1, -0.05) is 6.92 Å². The van der Waals surface area contributed by atoms with E-state index in [2.05, 4.69) is 23.8 Å². The predicted octanol–water partition coefficient (Wildman–Crippen LogP) is 1.81. The summed E-state index contributed by atoms with van der Waals surface area (Å²) in [5.41, 5.74) is 6.89. The molecule has 0 amide bonds. The van der Waals surface area contributed by atoms with E-state index in [0.717, 1.165) is 6.42 Å². The van der Waals surface area contributed by atoms with Crippen LogP contribution in [0, 0.1) is 5.92 Å². The molecule has 0 aliphatic carbocycles. The standard InChI is InChI=1S/C10H17NOS/c1-8(4-9(5-11)6-12)10-2-3-13-7-10/h2-3,7-9,12H,4-6,11H2,1H3. The first-order chi connectivity index (χ1) is 6.27. The van der Waals surface area contributed by atoms with Crippen molar-refractivity contribution in [1.82, 2.24) is 0 Å². The largest absolute Gasteiger partial charge is 0.396 e. The van der Waals surface area contributed by atoms with Crippen LogP contribution in [0.25, 0.3) is 0 Å². The van der Waals surface area contributed by atoms with Gasteiger partial charge in [0.2, 0.25) is 0 Å². The summed E-state index contributed by atoms with van der Waals surface area (Å²) < 4.78 is 0. The summed E-state index contributed by atoms with van der Waals surface area (Å²) in [4.78, 5) is 0. The Hall–Kier alpha value is -0.380. The maximum atomic E-state index is 9.00. The number of rotatable bonds is 5. The Morgan fingerprint density at radius 3 is 2.85 bits per heavy atom. The van der Waals surface area contributed by atoms with E-state index in [9.17, 15) is 0 Å². The fraction of sp³-hybridized carbons (Fsp3) is 0.600. The third-order valence-electron chi connectivity index (χ3n) is 2.39. The molecule has 1 heterocycles. The highest BCUT2D eigenvalue weighted by atomic mass is 32.1. The number of hydrogen-bond acceptors (Lipinski definition) is 3. The van der Waals surface area contributed by atoms with Gasteiger partial charge >= 0.3 is 0 Å².